The number of halogens is 2. The molecule has 0 aliphatic carbocycles. The third-order valence-electron chi connectivity index (χ3n) is 2.52. The third-order valence-corrected chi connectivity index (χ3v) is 3.19. The summed E-state index contributed by atoms with van der Waals surface area (Å²) in [5.74, 6) is -0.418. The summed E-state index contributed by atoms with van der Waals surface area (Å²) in [6.07, 6.45) is 0.683. The molecular formula is C12H14BrClN2O4. The Labute approximate surface area is 129 Å². The van der Waals surface area contributed by atoms with E-state index < -0.39 is 10.8 Å². The number of nitro groups is 1. The molecule has 0 saturated carbocycles. The molecule has 1 aromatic carbocycles. The van der Waals surface area contributed by atoms with Crippen molar-refractivity contribution < 1.29 is 14.5 Å². The monoisotopic (exact) mass is 364 g/mol. The van der Waals surface area contributed by atoms with E-state index in [9.17, 15) is 14.9 Å². The van der Waals surface area contributed by atoms with Gasteiger partial charge in [-0.25, -0.2) is 0 Å². The number of alkyl halides is 1. The van der Waals surface area contributed by atoms with Gasteiger partial charge < -0.3 is 10.1 Å². The number of non-ortho nitro benzene ring substituents is 1. The van der Waals surface area contributed by atoms with E-state index in [0.717, 1.165) is 0 Å². The van der Waals surface area contributed by atoms with E-state index in [1.165, 1.54) is 25.3 Å². The number of carbonyl (C=O) groups is 1. The maximum Gasteiger partial charge on any atom is 0.271 e. The first kappa shape index (κ1) is 16.9. The number of hydrogen-bond acceptors (Lipinski definition) is 4. The molecule has 1 amide bonds. The third kappa shape index (κ3) is 5.07. The fourth-order valence-corrected chi connectivity index (χ4v) is 2.39. The highest BCUT2D eigenvalue weighted by atomic mass is 79.9. The van der Waals surface area contributed by atoms with Crippen molar-refractivity contribution in [2.75, 3.05) is 19.0 Å². The van der Waals surface area contributed by atoms with Crippen LogP contribution in [0, 0.1) is 10.1 Å². The topological polar surface area (TPSA) is 81.5 Å². The first-order chi connectivity index (χ1) is 9.47. The Morgan fingerprint density at radius 2 is 2.25 bits per heavy atom. The summed E-state index contributed by atoms with van der Waals surface area (Å²) in [5, 5.41) is 14.3. The van der Waals surface area contributed by atoms with Gasteiger partial charge in [0.1, 0.15) is 0 Å². The summed E-state index contributed by atoms with van der Waals surface area (Å²) in [5.41, 5.74) is -0.0636. The molecule has 0 saturated heterocycles. The zero-order valence-electron chi connectivity index (χ0n) is 10.8. The number of nitrogens with zero attached hydrogens (tertiary/aromatic N) is 1. The lowest BCUT2D eigenvalue weighted by molar-refractivity contribution is -0.384. The molecule has 0 aromatic heterocycles. The summed E-state index contributed by atoms with van der Waals surface area (Å²) in [7, 11) is 1.54. The second-order valence-electron chi connectivity index (χ2n) is 4.06. The predicted molar refractivity (Wildman–Crippen MR) is 79.6 cm³/mol. The number of nitrogens with one attached hydrogen (secondary N) is 1. The molecule has 0 fully saturated rings. The quantitative estimate of drug-likeness (QED) is 0.457. The van der Waals surface area contributed by atoms with Gasteiger partial charge in [-0.2, -0.15) is 0 Å². The van der Waals surface area contributed by atoms with E-state index in [0.29, 0.717) is 18.4 Å². The second-order valence-corrected chi connectivity index (χ2v) is 5.29. The van der Waals surface area contributed by atoms with Gasteiger partial charge in [0.2, 0.25) is 0 Å². The Morgan fingerprint density at radius 3 is 2.80 bits per heavy atom. The van der Waals surface area contributed by atoms with Gasteiger partial charge >= 0.3 is 0 Å². The molecule has 1 atom stereocenters. The van der Waals surface area contributed by atoms with Crippen molar-refractivity contribution >= 4 is 39.1 Å². The molecule has 6 nitrogen and oxygen atoms in total. The van der Waals surface area contributed by atoms with Gasteiger partial charge in [0.25, 0.3) is 11.6 Å². The van der Waals surface area contributed by atoms with Gasteiger partial charge in [-0.1, -0.05) is 27.5 Å². The number of rotatable bonds is 7. The molecular weight excluding hydrogens is 351 g/mol. The number of hydrogen-bond donors (Lipinski definition) is 1. The van der Waals surface area contributed by atoms with Crippen LogP contribution >= 0.6 is 27.5 Å². The van der Waals surface area contributed by atoms with Crippen molar-refractivity contribution in [3.05, 3.63) is 38.9 Å². The highest BCUT2D eigenvalue weighted by Crippen LogP contribution is 2.21. The van der Waals surface area contributed by atoms with Gasteiger partial charge in [0, 0.05) is 35.2 Å². The minimum absolute atomic E-state index is 0.146. The Hall–Kier alpha value is -1.18. The van der Waals surface area contributed by atoms with Gasteiger partial charge in [0.05, 0.1) is 17.6 Å². The number of nitro benzene ring substituents is 1. The summed E-state index contributed by atoms with van der Waals surface area (Å²) >= 11 is 9.07. The lowest BCUT2D eigenvalue weighted by atomic mass is 10.1. The number of amides is 1. The zero-order chi connectivity index (χ0) is 15.1. The highest BCUT2D eigenvalue weighted by molar-refractivity contribution is 9.09. The Morgan fingerprint density at radius 1 is 1.55 bits per heavy atom. The normalized spacial score (nSPS) is 11.9. The van der Waals surface area contributed by atoms with Crippen LogP contribution in [0.25, 0.3) is 0 Å². The smallest absolute Gasteiger partial charge is 0.271 e. The van der Waals surface area contributed by atoms with Crippen molar-refractivity contribution in [1.29, 1.82) is 0 Å². The Balaban J connectivity index is 2.88. The molecule has 0 spiro atoms. The maximum atomic E-state index is 12.1. The fraction of sp³-hybridized carbons (Fsp3) is 0.417. The zero-order valence-corrected chi connectivity index (χ0v) is 13.1. The predicted octanol–water partition coefficient (Wildman–Crippen LogP) is 2.78. The van der Waals surface area contributed by atoms with Gasteiger partial charge in [-0.3, -0.25) is 14.9 Å². The van der Waals surface area contributed by atoms with E-state index in [1.807, 2.05) is 0 Å². The van der Waals surface area contributed by atoms with Crippen LogP contribution in [0.3, 0.4) is 0 Å². The van der Waals surface area contributed by atoms with Crippen molar-refractivity contribution in [2.45, 2.75) is 12.5 Å². The molecule has 0 heterocycles. The van der Waals surface area contributed by atoms with Crippen molar-refractivity contribution in [3.8, 4) is 0 Å². The Kier molecular flexibility index (Phi) is 6.90. The van der Waals surface area contributed by atoms with Gasteiger partial charge in [-0.05, 0) is 12.5 Å². The molecule has 0 aliphatic rings. The number of carbonyl (C=O) groups excluding carboxylic acids is 1. The van der Waals surface area contributed by atoms with E-state index in [-0.39, 0.29) is 22.3 Å². The molecule has 0 radical (unpaired) electrons. The number of benzene rings is 1. The lowest BCUT2D eigenvalue weighted by Crippen LogP contribution is -2.38. The molecule has 110 valence electrons. The molecule has 1 aromatic rings. The van der Waals surface area contributed by atoms with Crippen LogP contribution in [0.2, 0.25) is 5.02 Å². The summed E-state index contributed by atoms with van der Waals surface area (Å²) in [6.45, 7) is 0.361. The first-order valence-electron chi connectivity index (χ1n) is 5.78. The van der Waals surface area contributed by atoms with Crippen LogP contribution < -0.4 is 5.32 Å². The maximum absolute atomic E-state index is 12.1. The molecule has 1 N–H and O–H groups in total. The molecule has 0 aliphatic heterocycles. The molecule has 1 unspecified atom stereocenters. The molecule has 0 bridgehead atoms. The van der Waals surface area contributed by atoms with Gasteiger partial charge in [-0.15, -0.1) is 0 Å². The average molecular weight is 366 g/mol. The second kappa shape index (κ2) is 8.18. The van der Waals surface area contributed by atoms with E-state index in [1.54, 1.807) is 0 Å². The lowest BCUT2D eigenvalue weighted by Gasteiger charge is -2.16. The fourth-order valence-electron chi connectivity index (χ4n) is 1.61. The van der Waals surface area contributed by atoms with Crippen molar-refractivity contribution in [3.63, 3.8) is 0 Å². The van der Waals surface area contributed by atoms with Crippen LogP contribution in [0.15, 0.2) is 18.2 Å². The highest BCUT2D eigenvalue weighted by Gasteiger charge is 2.17. The van der Waals surface area contributed by atoms with Crippen LogP contribution in [-0.2, 0) is 4.74 Å². The van der Waals surface area contributed by atoms with E-state index >= 15 is 0 Å². The number of ether oxygens (including phenoxy) is 1. The van der Waals surface area contributed by atoms with Gasteiger partial charge in [0.15, 0.2) is 0 Å². The molecule has 1 rings (SSSR count). The SMILES string of the molecule is COCC(CCBr)NC(=O)c1cc(Cl)cc([N+](=O)[O-])c1. The number of methoxy groups -OCH3 is 1. The molecule has 20 heavy (non-hydrogen) atoms. The van der Waals surface area contributed by atoms with Crippen LogP contribution in [0.5, 0.6) is 0 Å². The summed E-state index contributed by atoms with van der Waals surface area (Å²) in [4.78, 5) is 22.2. The van der Waals surface area contributed by atoms with E-state index in [2.05, 4.69) is 21.2 Å². The van der Waals surface area contributed by atoms with Crippen LogP contribution in [0.4, 0.5) is 5.69 Å². The largest absolute Gasteiger partial charge is 0.383 e. The van der Waals surface area contributed by atoms with Crippen LogP contribution in [0.1, 0.15) is 16.8 Å². The van der Waals surface area contributed by atoms with E-state index in [4.69, 9.17) is 16.3 Å². The summed E-state index contributed by atoms with van der Waals surface area (Å²) < 4.78 is 5.01. The van der Waals surface area contributed by atoms with Crippen LogP contribution in [-0.4, -0.2) is 35.9 Å². The molecule has 8 heteroatoms. The first-order valence-corrected chi connectivity index (χ1v) is 7.28. The van der Waals surface area contributed by atoms with Crippen molar-refractivity contribution in [1.82, 2.24) is 5.32 Å². The standard InChI is InChI=1S/C12H14BrClN2O4/c1-20-7-10(2-3-13)15-12(17)8-4-9(14)6-11(5-8)16(18)19/h4-6,10H,2-3,7H2,1H3,(H,15,17). The van der Waals surface area contributed by atoms with Crippen molar-refractivity contribution in [2.24, 2.45) is 0 Å². The Bertz CT molecular complexity index is 492. The average Bonchev–Trinajstić information content (AvgIpc) is 2.38. The summed E-state index contributed by atoms with van der Waals surface area (Å²) in [6, 6.07) is 3.61. The minimum Gasteiger partial charge on any atom is -0.383 e. The minimum atomic E-state index is -0.590.